The average molecular weight is 248 g/mol. The van der Waals surface area contributed by atoms with Crippen LogP contribution in [0.3, 0.4) is 0 Å². The summed E-state index contributed by atoms with van der Waals surface area (Å²) in [5, 5.41) is 9.86. The third kappa shape index (κ3) is 2.10. The van der Waals surface area contributed by atoms with Gasteiger partial charge in [0.1, 0.15) is 0 Å². The average Bonchev–Trinajstić information content (AvgIpc) is 2.69. The second kappa shape index (κ2) is 5.02. The Balaban J connectivity index is 2.60. The van der Waals surface area contributed by atoms with Gasteiger partial charge in [-0.15, -0.1) is 0 Å². The van der Waals surface area contributed by atoms with Crippen LogP contribution in [0.1, 0.15) is 30.9 Å². The molecule has 0 saturated heterocycles. The summed E-state index contributed by atoms with van der Waals surface area (Å²) < 4.78 is 10.8. The third-order valence-electron chi connectivity index (χ3n) is 3.59. The summed E-state index contributed by atoms with van der Waals surface area (Å²) >= 11 is 0. The number of aryl methyl sites for hydroxylation is 1. The molecule has 1 N–H and O–H groups in total. The summed E-state index contributed by atoms with van der Waals surface area (Å²) in [6.45, 7) is 4.02. The number of aliphatic hydroxyl groups is 1. The van der Waals surface area contributed by atoms with Gasteiger partial charge in [-0.2, -0.15) is 0 Å². The van der Waals surface area contributed by atoms with Gasteiger partial charge in [-0.05, 0) is 55.5 Å². The van der Waals surface area contributed by atoms with Crippen molar-refractivity contribution >= 4 is 5.57 Å². The van der Waals surface area contributed by atoms with Crippen molar-refractivity contribution in [2.75, 3.05) is 14.2 Å². The van der Waals surface area contributed by atoms with Crippen LogP contribution in [0, 0.1) is 6.92 Å². The molecule has 0 bridgehead atoms. The smallest absolute Gasteiger partial charge is 0.168 e. The standard InChI is InChI=1S/C15H20O3/c1-9-7-12(11-5-6-13(16)10(11)2)15(18-4)14(8-9)17-3/h7-8,13,16H,5-6H2,1-4H3/t13-/m1/s1. The minimum Gasteiger partial charge on any atom is -0.493 e. The van der Waals surface area contributed by atoms with E-state index in [-0.39, 0.29) is 6.10 Å². The van der Waals surface area contributed by atoms with Crippen LogP contribution in [0.4, 0.5) is 0 Å². The first-order chi connectivity index (χ1) is 8.58. The predicted molar refractivity (Wildman–Crippen MR) is 72.1 cm³/mol. The maximum atomic E-state index is 9.86. The van der Waals surface area contributed by atoms with Gasteiger partial charge >= 0.3 is 0 Å². The molecule has 0 spiro atoms. The summed E-state index contributed by atoms with van der Waals surface area (Å²) in [7, 11) is 3.30. The lowest BCUT2D eigenvalue weighted by molar-refractivity contribution is 0.212. The van der Waals surface area contributed by atoms with Crippen molar-refractivity contribution in [1.29, 1.82) is 0 Å². The lowest BCUT2D eigenvalue weighted by Crippen LogP contribution is -2.01. The Labute approximate surface area is 108 Å². The van der Waals surface area contributed by atoms with E-state index in [9.17, 15) is 5.11 Å². The van der Waals surface area contributed by atoms with Crippen LogP contribution in [0.15, 0.2) is 17.7 Å². The molecule has 0 heterocycles. The Kier molecular flexibility index (Phi) is 3.62. The monoisotopic (exact) mass is 248 g/mol. The van der Waals surface area contributed by atoms with Crippen LogP contribution in [0.25, 0.3) is 5.57 Å². The minimum atomic E-state index is -0.323. The highest BCUT2D eigenvalue weighted by Gasteiger charge is 2.24. The summed E-state index contributed by atoms with van der Waals surface area (Å²) in [6, 6.07) is 4.06. The number of allylic oxidation sites excluding steroid dienone is 1. The molecular formula is C15H20O3. The van der Waals surface area contributed by atoms with E-state index in [1.807, 2.05) is 19.9 Å². The molecule has 0 unspecified atom stereocenters. The fourth-order valence-corrected chi connectivity index (χ4v) is 2.57. The van der Waals surface area contributed by atoms with E-state index in [0.29, 0.717) is 0 Å². The molecule has 1 aliphatic carbocycles. The maximum absolute atomic E-state index is 9.86. The Morgan fingerprint density at radius 2 is 1.89 bits per heavy atom. The molecule has 18 heavy (non-hydrogen) atoms. The van der Waals surface area contributed by atoms with Gasteiger partial charge in [0.2, 0.25) is 0 Å². The number of benzene rings is 1. The summed E-state index contributed by atoms with van der Waals surface area (Å²) in [5.41, 5.74) is 4.40. The van der Waals surface area contributed by atoms with Crippen LogP contribution in [0.2, 0.25) is 0 Å². The summed E-state index contributed by atoms with van der Waals surface area (Å²) in [5.74, 6) is 1.50. The van der Waals surface area contributed by atoms with E-state index in [4.69, 9.17) is 9.47 Å². The number of methoxy groups -OCH3 is 2. The first-order valence-electron chi connectivity index (χ1n) is 6.19. The van der Waals surface area contributed by atoms with E-state index >= 15 is 0 Å². The summed E-state index contributed by atoms with van der Waals surface area (Å²) in [4.78, 5) is 0. The molecule has 0 radical (unpaired) electrons. The van der Waals surface area contributed by atoms with E-state index in [1.165, 1.54) is 5.57 Å². The molecule has 0 fully saturated rings. The number of aliphatic hydroxyl groups excluding tert-OH is 1. The minimum absolute atomic E-state index is 0.323. The van der Waals surface area contributed by atoms with Gasteiger partial charge in [0.15, 0.2) is 11.5 Å². The highest BCUT2D eigenvalue weighted by atomic mass is 16.5. The van der Waals surface area contributed by atoms with Crippen molar-refractivity contribution in [2.45, 2.75) is 32.8 Å². The van der Waals surface area contributed by atoms with Crippen molar-refractivity contribution in [1.82, 2.24) is 0 Å². The fraction of sp³-hybridized carbons (Fsp3) is 0.467. The Hall–Kier alpha value is -1.48. The van der Waals surface area contributed by atoms with Crippen molar-refractivity contribution in [3.63, 3.8) is 0 Å². The molecule has 2 rings (SSSR count). The second-order valence-electron chi connectivity index (χ2n) is 4.76. The number of ether oxygens (including phenoxy) is 2. The topological polar surface area (TPSA) is 38.7 Å². The van der Waals surface area contributed by atoms with Crippen molar-refractivity contribution in [3.8, 4) is 11.5 Å². The highest BCUT2D eigenvalue weighted by Crippen LogP contribution is 2.42. The lowest BCUT2D eigenvalue weighted by Gasteiger charge is -2.15. The Bertz CT molecular complexity index is 489. The van der Waals surface area contributed by atoms with Crippen LogP contribution >= 0.6 is 0 Å². The molecular weight excluding hydrogens is 228 g/mol. The summed E-state index contributed by atoms with van der Waals surface area (Å²) in [6.07, 6.45) is 1.35. The van der Waals surface area contributed by atoms with Gasteiger partial charge < -0.3 is 14.6 Å². The van der Waals surface area contributed by atoms with E-state index in [2.05, 4.69) is 6.07 Å². The molecule has 0 amide bonds. The molecule has 0 saturated carbocycles. The third-order valence-corrected chi connectivity index (χ3v) is 3.59. The van der Waals surface area contributed by atoms with Crippen LogP contribution < -0.4 is 9.47 Å². The molecule has 0 aromatic heterocycles. The quantitative estimate of drug-likeness (QED) is 0.893. The zero-order valence-electron chi connectivity index (χ0n) is 11.4. The van der Waals surface area contributed by atoms with Crippen molar-refractivity contribution in [2.24, 2.45) is 0 Å². The normalized spacial score (nSPS) is 19.3. The van der Waals surface area contributed by atoms with Gasteiger partial charge in [-0.3, -0.25) is 0 Å². The first kappa shape index (κ1) is 13.0. The Morgan fingerprint density at radius 1 is 1.17 bits per heavy atom. The van der Waals surface area contributed by atoms with Gasteiger partial charge in [0.25, 0.3) is 0 Å². The van der Waals surface area contributed by atoms with Crippen LogP contribution in [-0.4, -0.2) is 25.4 Å². The molecule has 3 nitrogen and oxygen atoms in total. The van der Waals surface area contributed by atoms with Gasteiger partial charge in [-0.25, -0.2) is 0 Å². The predicted octanol–water partition coefficient (Wildman–Crippen LogP) is 2.94. The van der Waals surface area contributed by atoms with E-state index in [1.54, 1.807) is 14.2 Å². The zero-order chi connectivity index (χ0) is 13.3. The Morgan fingerprint density at radius 3 is 2.39 bits per heavy atom. The highest BCUT2D eigenvalue weighted by molar-refractivity contribution is 5.77. The van der Waals surface area contributed by atoms with Crippen LogP contribution in [0.5, 0.6) is 11.5 Å². The van der Waals surface area contributed by atoms with Gasteiger partial charge in [0.05, 0.1) is 20.3 Å². The van der Waals surface area contributed by atoms with Crippen molar-refractivity contribution < 1.29 is 14.6 Å². The molecule has 1 aromatic rings. The van der Waals surface area contributed by atoms with E-state index in [0.717, 1.165) is 41.0 Å². The second-order valence-corrected chi connectivity index (χ2v) is 4.76. The van der Waals surface area contributed by atoms with Gasteiger partial charge in [0, 0.05) is 5.56 Å². The molecule has 3 heteroatoms. The molecule has 98 valence electrons. The number of rotatable bonds is 3. The lowest BCUT2D eigenvalue weighted by atomic mass is 9.99. The number of hydrogen-bond acceptors (Lipinski definition) is 3. The molecule has 0 aliphatic heterocycles. The molecule has 1 aliphatic rings. The zero-order valence-corrected chi connectivity index (χ0v) is 11.4. The maximum Gasteiger partial charge on any atom is 0.168 e. The SMILES string of the molecule is COc1cc(C)cc(C2=C(C)[C@H](O)CC2)c1OC. The number of hydrogen-bond donors (Lipinski definition) is 1. The largest absolute Gasteiger partial charge is 0.493 e. The van der Waals surface area contributed by atoms with E-state index < -0.39 is 0 Å². The molecule has 1 atom stereocenters. The van der Waals surface area contributed by atoms with Gasteiger partial charge in [-0.1, -0.05) is 0 Å². The molecule has 1 aromatic carbocycles. The fourth-order valence-electron chi connectivity index (χ4n) is 2.57. The van der Waals surface area contributed by atoms with Crippen molar-refractivity contribution in [3.05, 3.63) is 28.8 Å². The first-order valence-corrected chi connectivity index (χ1v) is 6.19. The van der Waals surface area contributed by atoms with Crippen LogP contribution in [-0.2, 0) is 0 Å².